The van der Waals surface area contributed by atoms with Crippen LogP contribution in [0.2, 0.25) is 0 Å². The number of fused-ring (bicyclic) bond motifs is 1. The van der Waals surface area contributed by atoms with Crippen LogP contribution in [0.25, 0.3) is 0 Å². The van der Waals surface area contributed by atoms with E-state index in [9.17, 15) is 4.79 Å². The minimum Gasteiger partial charge on any atom is -0.375 e. The SMILES string of the molecule is Cc1ccc(NC(=O)CN2CCOC3CCCCC32)cc1C. The molecule has 1 aliphatic carbocycles. The van der Waals surface area contributed by atoms with E-state index in [-0.39, 0.29) is 5.91 Å². The van der Waals surface area contributed by atoms with E-state index in [2.05, 4.69) is 30.1 Å². The molecule has 1 aliphatic heterocycles. The first-order chi connectivity index (χ1) is 10.6. The summed E-state index contributed by atoms with van der Waals surface area (Å²) in [6, 6.07) is 6.49. The number of rotatable bonds is 3. The smallest absolute Gasteiger partial charge is 0.238 e. The Hall–Kier alpha value is -1.39. The molecule has 0 aromatic heterocycles. The van der Waals surface area contributed by atoms with E-state index in [4.69, 9.17) is 4.74 Å². The van der Waals surface area contributed by atoms with Gasteiger partial charge in [-0.3, -0.25) is 9.69 Å². The van der Waals surface area contributed by atoms with Crippen molar-refractivity contribution in [1.29, 1.82) is 0 Å². The molecule has 1 saturated heterocycles. The van der Waals surface area contributed by atoms with Gasteiger partial charge >= 0.3 is 0 Å². The normalized spacial score (nSPS) is 25.5. The van der Waals surface area contributed by atoms with Crippen molar-refractivity contribution in [3.8, 4) is 0 Å². The molecule has 22 heavy (non-hydrogen) atoms. The van der Waals surface area contributed by atoms with Gasteiger partial charge in [-0.05, 0) is 49.9 Å². The molecule has 1 amide bonds. The van der Waals surface area contributed by atoms with Crippen molar-refractivity contribution in [3.63, 3.8) is 0 Å². The van der Waals surface area contributed by atoms with Crippen LogP contribution in [0.5, 0.6) is 0 Å². The number of amides is 1. The number of hydrogen-bond acceptors (Lipinski definition) is 3. The van der Waals surface area contributed by atoms with E-state index < -0.39 is 0 Å². The Morgan fingerprint density at radius 3 is 2.91 bits per heavy atom. The molecule has 2 atom stereocenters. The fraction of sp³-hybridized carbons (Fsp3) is 0.611. The highest BCUT2D eigenvalue weighted by atomic mass is 16.5. The molecule has 0 spiro atoms. The summed E-state index contributed by atoms with van der Waals surface area (Å²) in [6.45, 7) is 6.23. The molecule has 4 nitrogen and oxygen atoms in total. The first-order valence-electron chi connectivity index (χ1n) is 8.36. The van der Waals surface area contributed by atoms with Gasteiger partial charge in [0.05, 0.1) is 19.3 Å². The lowest BCUT2D eigenvalue weighted by Gasteiger charge is -2.43. The molecule has 2 aliphatic rings. The van der Waals surface area contributed by atoms with Gasteiger partial charge in [0, 0.05) is 18.3 Å². The second-order valence-electron chi connectivity index (χ2n) is 6.58. The van der Waals surface area contributed by atoms with E-state index in [1.54, 1.807) is 0 Å². The molecule has 1 heterocycles. The van der Waals surface area contributed by atoms with Crippen LogP contribution in [0, 0.1) is 13.8 Å². The molecular weight excluding hydrogens is 276 g/mol. The van der Waals surface area contributed by atoms with Crippen molar-refractivity contribution in [3.05, 3.63) is 29.3 Å². The number of carbonyl (C=O) groups excluding carboxylic acids is 1. The minimum atomic E-state index is 0.0782. The van der Waals surface area contributed by atoms with Gasteiger partial charge in [-0.1, -0.05) is 18.9 Å². The van der Waals surface area contributed by atoms with Crippen molar-refractivity contribution in [2.75, 3.05) is 25.0 Å². The average molecular weight is 302 g/mol. The molecular formula is C18H26N2O2. The summed E-state index contributed by atoms with van der Waals surface area (Å²) < 4.78 is 5.87. The Morgan fingerprint density at radius 1 is 1.27 bits per heavy atom. The third-order valence-electron chi connectivity index (χ3n) is 4.98. The fourth-order valence-corrected chi connectivity index (χ4v) is 3.58. The van der Waals surface area contributed by atoms with Crippen LogP contribution >= 0.6 is 0 Å². The molecule has 3 rings (SSSR count). The lowest BCUT2D eigenvalue weighted by molar-refractivity contribution is -0.124. The average Bonchev–Trinajstić information content (AvgIpc) is 2.51. The van der Waals surface area contributed by atoms with E-state index in [0.717, 1.165) is 31.7 Å². The zero-order valence-corrected chi connectivity index (χ0v) is 13.6. The number of ether oxygens (including phenoxy) is 1. The molecule has 1 N–H and O–H groups in total. The first-order valence-corrected chi connectivity index (χ1v) is 8.36. The molecule has 1 aromatic carbocycles. The number of hydrogen-bond donors (Lipinski definition) is 1. The molecule has 120 valence electrons. The lowest BCUT2D eigenvalue weighted by atomic mass is 9.90. The quantitative estimate of drug-likeness (QED) is 0.933. The number of nitrogens with one attached hydrogen (secondary N) is 1. The Balaban J connectivity index is 1.59. The number of carbonyl (C=O) groups is 1. The summed E-state index contributed by atoms with van der Waals surface area (Å²) in [4.78, 5) is 14.7. The summed E-state index contributed by atoms with van der Waals surface area (Å²) >= 11 is 0. The topological polar surface area (TPSA) is 41.6 Å². The zero-order chi connectivity index (χ0) is 15.5. The number of aryl methyl sites for hydroxylation is 2. The van der Waals surface area contributed by atoms with Crippen molar-refractivity contribution >= 4 is 11.6 Å². The van der Waals surface area contributed by atoms with Crippen molar-refractivity contribution < 1.29 is 9.53 Å². The minimum absolute atomic E-state index is 0.0782. The summed E-state index contributed by atoms with van der Waals surface area (Å²) in [5.74, 6) is 0.0782. The Morgan fingerprint density at radius 2 is 2.09 bits per heavy atom. The van der Waals surface area contributed by atoms with Gasteiger partial charge in [0.2, 0.25) is 5.91 Å². The second kappa shape index (κ2) is 6.80. The third-order valence-corrected chi connectivity index (χ3v) is 4.98. The highest BCUT2D eigenvalue weighted by Gasteiger charge is 2.34. The zero-order valence-electron chi connectivity index (χ0n) is 13.6. The van der Waals surface area contributed by atoms with Gasteiger partial charge in [0.15, 0.2) is 0 Å². The van der Waals surface area contributed by atoms with Crippen molar-refractivity contribution in [2.24, 2.45) is 0 Å². The summed E-state index contributed by atoms with van der Waals surface area (Å²) in [5.41, 5.74) is 3.34. The number of nitrogens with zero attached hydrogens (tertiary/aromatic N) is 1. The van der Waals surface area contributed by atoms with Gasteiger partial charge in [0.1, 0.15) is 0 Å². The molecule has 2 fully saturated rings. The largest absolute Gasteiger partial charge is 0.375 e. The van der Waals surface area contributed by atoms with Crippen LogP contribution in [0.4, 0.5) is 5.69 Å². The van der Waals surface area contributed by atoms with Crippen LogP contribution in [-0.2, 0) is 9.53 Å². The highest BCUT2D eigenvalue weighted by molar-refractivity contribution is 5.92. The molecule has 0 radical (unpaired) electrons. The first kappa shape index (κ1) is 15.5. The van der Waals surface area contributed by atoms with Crippen molar-refractivity contribution in [1.82, 2.24) is 4.90 Å². The molecule has 2 unspecified atom stereocenters. The van der Waals surface area contributed by atoms with Gasteiger partial charge in [-0.2, -0.15) is 0 Å². The summed E-state index contributed by atoms with van der Waals surface area (Å²) in [7, 11) is 0. The van der Waals surface area contributed by atoms with Crippen LogP contribution in [-0.4, -0.2) is 42.6 Å². The maximum atomic E-state index is 12.4. The maximum Gasteiger partial charge on any atom is 0.238 e. The number of morpholine rings is 1. The van der Waals surface area contributed by atoms with Gasteiger partial charge in [-0.25, -0.2) is 0 Å². The second-order valence-corrected chi connectivity index (χ2v) is 6.58. The highest BCUT2D eigenvalue weighted by Crippen LogP contribution is 2.28. The van der Waals surface area contributed by atoms with E-state index in [1.165, 1.54) is 24.0 Å². The monoisotopic (exact) mass is 302 g/mol. The maximum absolute atomic E-state index is 12.4. The molecule has 0 bridgehead atoms. The number of benzene rings is 1. The van der Waals surface area contributed by atoms with Gasteiger partial charge in [0.25, 0.3) is 0 Å². The summed E-state index contributed by atoms with van der Waals surface area (Å²) in [5, 5.41) is 3.03. The molecule has 1 saturated carbocycles. The van der Waals surface area contributed by atoms with Gasteiger partial charge in [-0.15, -0.1) is 0 Å². The molecule has 1 aromatic rings. The fourth-order valence-electron chi connectivity index (χ4n) is 3.58. The van der Waals surface area contributed by atoms with E-state index in [1.807, 2.05) is 12.1 Å². The third kappa shape index (κ3) is 3.50. The van der Waals surface area contributed by atoms with Crippen LogP contribution in [0.1, 0.15) is 36.8 Å². The van der Waals surface area contributed by atoms with Gasteiger partial charge < -0.3 is 10.1 Å². The predicted octanol–water partition coefficient (Wildman–Crippen LogP) is 2.89. The van der Waals surface area contributed by atoms with Crippen LogP contribution < -0.4 is 5.32 Å². The number of anilines is 1. The Kier molecular flexibility index (Phi) is 4.79. The van der Waals surface area contributed by atoms with Crippen molar-refractivity contribution in [2.45, 2.75) is 51.7 Å². The summed E-state index contributed by atoms with van der Waals surface area (Å²) in [6.07, 6.45) is 5.13. The van der Waals surface area contributed by atoms with E-state index in [0.29, 0.717) is 18.7 Å². The van der Waals surface area contributed by atoms with Crippen LogP contribution in [0.15, 0.2) is 18.2 Å². The Labute approximate surface area is 132 Å². The predicted molar refractivity (Wildman–Crippen MR) is 88.1 cm³/mol. The molecule has 4 heteroatoms. The standard InChI is InChI=1S/C18H26N2O2/c1-13-7-8-15(11-14(13)2)19-18(21)12-20-9-10-22-17-6-4-3-5-16(17)20/h7-8,11,16-17H,3-6,9-10,12H2,1-2H3,(H,19,21). The van der Waals surface area contributed by atoms with E-state index >= 15 is 0 Å². The Bertz CT molecular complexity index is 542. The lowest BCUT2D eigenvalue weighted by Crippen LogP contribution is -2.54. The van der Waals surface area contributed by atoms with Crippen LogP contribution in [0.3, 0.4) is 0 Å².